The van der Waals surface area contributed by atoms with Crippen molar-refractivity contribution in [3.8, 4) is 11.1 Å². The second kappa shape index (κ2) is 5.62. The van der Waals surface area contributed by atoms with E-state index in [-0.39, 0.29) is 6.04 Å². The van der Waals surface area contributed by atoms with Gasteiger partial charge < -0.3 is 0 Å². The first kappa shape index (κ1) is 11.8. The van der Waals surface area contributed by atoms with Gasteiger partial charge in [0.15, 0.2) is 0 Å². The molecule has 0 aromatic heterocycles. The third-order valence-corrected chi connectivity index (χ3v) is 3.03. The minimum absolute atomic E-state index is 0.236. The van der Waals surface area contributed by atoms with E-state index >= 15 is 0 Å². The second-order valence-electron chi connectivity index (χ2n) is 4.12. The number of hydrogen-bond donors (Lipinski definition) is 2. The van der Waals surface area contributed by atoms with E-state index < -0.39 is 0 Å². The van der Waals surface area contributed by atoms with Gasteiger partial charge in [-0.3, -0.25) is 11.3 Å². The Kier molecular flexibility index (Phi) is 3.91. The van der Waals surface area contributed by atoms with Gasteiger partial charge in [0.05, 0.1) is 0 Å². The number of nitrogens with one attached hydrogen (secondary N) is 1. The van der Waals surface area contributed by atoms with Gasteiger partial charge in [-0.05, 0) is 23.1 Å². The monoisotopic (exact) mass is 226 g/mol. The van der Waals surface area contributed by atoms with Gasteiger partial charge in [0.1, 0.15) is 0 Å². The fourth-order valence-electron chi connectivity index (χ4n) is 1.99. The highest BCUT2D eigenvalue weighted by Crippen LogP contribution is 2.22. The van der Waals surface area contributed by atoms with Crippen LogP contribution in [0.5, 0.6) is 0 Å². The Morgan fingerprint density at radius 2 is 1.53 bits per heavy atom. The molecule has 0 amide bonds. The van der Waals surface area contributed by atoms with Crippen LogP contribution in [0.25, 0.3) is 11.1 Å². The average molecular weight is 226 g/mol. The van der Waals surface area contributed by atoms with Gasteiger partial charge in [0, 0.05) is 6.04 Å². The van der Waals surface area contributed by atoms with Gasteiger partial charge in [-0.2, -0.15) is 0 Å². The highest BCUT2D eigenvalue weighted by atomic mass is 15.2. The Bertz CT molecular complexity index is 444. The highest BCUT2D eigenvalue weighted by molar-refractivity contribution is 5.63. The molecule has 0 bridgehead atoms. The van der Waals surface area contributed by atoms with E-state index in [9.17, 15) is 0 Å². The average Bonchev–Trinajstić information content (AvgIpc) is 2.42. The zero-order valence-electron chi connectivity index (χ0n) is 10.1. The molecule has 2 heteroatoms. The largest absolute Gasteiger partial charge is 0.271 e. The van der Waals surface area contributed by atoms with Crippen molar-refractivity contribution >= 4 is 0 Å². The van der Waals surface area contributed by atoms with Crippen molar-refractivity contribution in [2.45, 2.75) is 19.4 Å². The van der Waals surface area contributed by atoms with Crippen molar-refractivity contribution in [2.75, 3.05) is 0 Å². The van der Waals surface area contributed by atoms with Crippen LogP contribution in [0.1, 0.15) is 24.9 Å². The first-order valence-corrected chi connectivity index (χ1v) is 5.96. The summed E-state index contributed by atoms with van der Waals surface area (Å²) < 4.78 is 0. The summed E-state index contributed by atoms with van der Waals surface area (Å²) >= 11 is 0. The second-order valence-corrected chi connectivity index (χ2v) is 4.12. The van der Waals surface area contributed by atoms with Crippen LogP contribution in [-0.2, 0) is 0 Å². The van der Waals surface area contributed by atoms with Crippen LogP contribution >= 0.6 is 0 Å². The van der Waals surface area contributed by atoms with Gasteiger partial charge in [0.25, 0.3) is 0 Å². The van der Waals surface area contributed by atoms with E-state index in [2.05, 4.69) is 60.9 Å². The molecule has 0 radical (unpaired) electrons. The molecule has 1 atom stereocenters. The molecule has 0 unspecified atom stereocenters. The van der Waals surface area contributed by atoms with Gasteiger partial charge in [-0.25, -0.2) is 0 Å². The summed E-state index contributed by atoms with van der Waals surface area (Å²) in [6.45, 7) is 2.12. The number of rotatable bonds is 4. The molecule has 0 saturated heterocycles. The standard InChI is InChI=1S/C15H18N2/c1-2-15(17-16)14-10-8-13(9-11-14)12-6-4-3-5-7-12/h3-11,15,17H,2,16H2,1H3/t15-/m1/s1. The SMILES string of the molecule is CC[C@@H](NN)c1ccc(-c2ccccc2)cc1. The van der Waals surface area contributed by atoms with Crippen molar-refractivity contribution in [1.29, 1.82) is 0 Å². The number of nitrogens with two attached hydrogens (primary N) is 1. The van der Waals surface area contributed by atoms with Crippen molar-refractivity contribution in [1.82, 2.24) is 5.43 Å². The maximum atomic E-state index is 5.51. The lowest BCUT2D eigenvalue weighted by Crippen LogP contribution is -2.27. The fourth-order valence-corrected chi connectivity index (χ4v) is 1.99. The molecule has 2 aromatic carbocycles. The van der Waals surface area contributed by atoms with E-state index in [4.69, 9.17) is 5.84 Å². The van der Waals surface area contributed by atoms with Crippen molar-refractivity contribution in [3.63, 3.8) is 0 Å². The molecule has 0 heterocycles. The summed E-state index contributed by atoms with van der Waals surface area (Å²) in [6.07, 6.45) is 0.987. The number of hydrazine groups is 1. The normalized spacial score (nSPS) is 12.4. The molecule has 88 valence electrons. The van der Waals surface area contributed by atoms with Crippen LogP contribution in [0.2, 0.25) is 0 Å². The Labute approximate surface area is 102 Å². The first-order valence-electron chi connectivity index (χ1n) is 5.96. The third kappa shape index (κ3) is 2.73. The molecular formula is C15H18N2. The number of hydrogen-bond acceptors (Lipinski definition) is 2. The van der Waals surface area contributed by atoms with Crippen LogP contribution < -0.4 is 11.3 Å². The zero-order valence-corrected chi connectivity index (χ0v) is 10.1. The van der Waals surface area contributed by atoms with Crippen molar-refractivity contribution in [3.05, 3.63) is 60.2 Å². The van der Waals surface area contributed by atoms with Crippen molar-refractivity contribution in [2.24, 2.45) is 5.84 Å². The van der Waals surface area contributed by atoms with E-state index in [0.29, 0.717) is 0 Å². The minimum atomic E-state index is 0.236. The van der Waals surface area contributed by atoms with Crippen LogP contribution in [0.4, 0.5) is 0 Å². The summed E-state index contributed by atoms with van der Waals surface area (Å²) in [5.74, 6) is 5.51. The van der Waals surface area contributed by atoms with E-state index in [1.807, 2.05) is 6.07 Å². The van der Waals surface area contributed by atoms with Crippen LogP contribution in [-0.4, -0.2) is 0 Å². The Morgan fingerprint density at radius 1 is 0.941 bits per heavy atom. The maximum Gasteiger partial charge on any atom is 0.0457 e. The van der Waals surface area contributed by atoms with Gasteiger partial charge >= 0.3 is 0 Å². The number of benzene rings is 2. The van der Waals surface area contributed by atoms with Crippen molar-refractivity contribution < 1.29 is 0 Å². The summed E-state index contributed by atoms with van der Waals surface area (Å²) in [5.41, 5.74) is 6.54. The lowest BCUT2D eigenvalue weighted by Gasteiger charge is -2.14. The lowest BCUT2D eigenvalue weighted by atomic mass is 10.00. The zero-order chi connectivity index (χ0) is 12.1. The molecule has 0 aliphatic rings. The predicted octanol–water partition coefficient (Wildman–Crippen LogP) is 3.27. The Balaban J connectivity index is 2.24. The summed E-state index contributed by atoms with van der Waals surface area (Å²) in [7, 11) is 0. The predicted molar refractivity (Wildman–Crippen MR) is 72.2 cm³/mol. The van der Waals surface area contributed by atoms with Crippen LogP contribution in [0, 0.1) is 0 Å². The molecule has 2 aromatic rings. The first-order chi connectivity index (χ1) is 8.35. The minimum Gasteiger partial charge on any atom is -0.271 e. The van der Waals surface area contributed by atoms with Crippen LogP contribution in [0.3, 0.4) is 0 Å². The molecule has 0 aliphatic carbocycles. The quantitative estimate of drug-likeness (QED) is 0.620. The third-order valence-electron chi connectivity index (χ3n) is 3.03. The molecule has 0 fully saturated rings. The molecule has 17 heavy (non-hydrogen) atoms. The smallest absolute Gasteiger partial charge is 0.0457 e. The lowest BCUT2D eigenvalue weighted by molar-refractivity contribution is 0.539. The van der Waals surface area contributed by atoms with E-state index in [1.54, 1.807) is 0 Å². The molecule has 3 N–H and O–H groups in total. The summed E-state index contributed by atoms with van der Waals surface area (Å²) in [4.78, 5) is 0. The van der Waals surface area contributed by atoms with E-state index in [0.717, 1.165) is 6.42 Å². The Morgan fingerprint density at radius 3 is 2.06 bits per heavy atom. The topological polar surface area (TPSA) is 38.0 Å². The highest BCUT2D eigenvalue weighted by Gasteiger charge is 2.06. The molecule has 2 rings (SSSR count). The molecule has 0 saturated carbocycles. The van der Waals surface area contributed by atoms with Crippen LogP contribution in [0.15, 0.2) is 54.6 Å². The van der Waals surface area contributed by atoms with E-state index in [1.165, 1.54) is 16.7 Å². The fraction of sp³-hybridized carbons (Fsp3) is 0.200. The molecular weight excluding hydrogens is 208 g/mol. The summed E-state index contributed by atoms with van der Waals surface area (Å²) in [5, 5.41) is 0. The van der Waals surface area contributed by atoms with Gasteiger partial charge in [-0.15, -0.1) is 0 Å². The molecule has 0 aliphatic heterocycles. The van der Waals surface area contributed by atoms with Gasteiger partial charge in [0.2, 0.25) is 0 Å². The molecule has 0 spiro atoms. The Hall–Kier alpha value is -1.64. The molecule has 2 nitrogen and oxygen atoms in total. The summed E-state index contributed by atoms with van der Waals surface area (Å²) in [6, 6.07) is 19.2. The maximum absolute atomic E-state index is 5.51. The van der Waals surface area contributed by atoms with Gasteiger partial charge in [-0.1, -0.05) is 61.5 Å².